The summed E-state index contributed by atoms with van der Waals surface area (Å²) in [6.07, 6.45) is 1.21. The fourth-order valence-electron chi connectivity index (χ4n) is 1.33. The van der Waals surface area contributed by atoms with Crippen LogP contribution >= 0.6 is 11.8 Å². The summed E-state index contributed by atoms with van der Waals surface area (Å²) >= 11 is 1.27. The summed E-state index contributed by atoms with van der Waals surface area (Å²) in [6.45, 7) is 2.01. The van der Waals surface area contributed by atoms with Gasteiger partial charge in [-0.05, 0) is 12.3 Å². The lowest BCUT2D eigenvalue weighted by Crippen LogP contribution is -2.26. The van der Waals surface area contributed by atoms with Crippen molar-refractivity contribution in [3.63, 3.8) is 0 Å². The number of amides is 1. The van der Waals surface area contributed by atoms with E-state index in [2.05, 4.69) is 9.98 Å². The molecule has 5 nitrogen and oxygen atoms in total. The van der Waals surface area contributed by atoms with Crippen molar-refractivity contribution in [2.24, 2.45) is 15.9 Å². The fraction of sp³-hybridized carbons (Fsp3) is 0.333. The molecule has 2 aliphatic heterocycles. The van der Waals surface area contributed by atoms with E-state index in [0.717, 1.165) is 0 Å². The number of hydrogen-bond donors (Lipinski definition) is 0. The van der Waals surface area contributed by atoms with Crippen LogP contribution < -0.4 is 0 Å². The quantitative estimate of drug-likeness (QED) is 0.649. The predicted octanol–water partition coefficient (Wildman–Crippen LogP) is 0.763. The molecule has 1 atom stereocenters. The van der Waals surface area contributed by atoms with Crippen LogP contribution in [0.2, 0.25) is 0 Å². The molecule has 0 aromatic rings. The summed E-state index contributed by atoms with van der Waals surface area (Å²) in [5.41, 5.74) is 0.336. The molecule has 0 aromatic carbocycles. The minimum Gasteiger partial charge on any atom is -0.463 e. The molecule has 6 heteroatoms. The first-order valence-electron chi connectivity index (χ1n) is 4.42. The zero-order valence-corrected chi connectivity index (χ0v) is 8.78. The molecule has 2 heterocycles. The smallest absolute Gasteiger partial charge is 0.335 e. The highest BCUT2D eigenvalue weighted by molar-refractivity contribution is 8.17. The summed E-state index contributed by atoms with van der Waals surface area (Å²) in [7, 11) is 0. The summed E-state index contributed by atoms with van der Waals surface area (Å²) in [6, 6.07) is 0. The van der Waals surface area contributed by atoms with Crippen molar-refractivity contribution in [2.75, 3.05) is 6.61 Å². The van der Waals surface area contributed by atoms with E-state index in [1.807, 2.05) is 0 Å². The third kappa shape index (κ3) is 1.72. The van der Waals surface area contributed by atoms with E-state index in [-0.39, 0.29) is 12.5 Å². The molecule has 15 heavy (non-hydrogen) atoms. The van der Waals surface area contributed by atoms with Gasteiger partial charge in [0.05, 0.1) is 17.2 Å². The average Bonchev–Trinajstić information content (AvgIpc) is 2.63. The number of rotatable bonds is 2. The molecule has 1 unspecified atom stereocenters. The Morgan fingerprint density at radius 2 is 2.47 bits per heavy atom. The highest BCUT2D eigenvalue weighted by atomic mass is 32.2. The Morgan fingerprint density at radius 1 is 1.67 bits per heavy atom. The maximum Gasteiger partial charge on any atom is 0.335 e. The maximum atomic E-state index is 11.5. The Morgan fingerprint density at radius 3 is 3.20 bits per heavy atom. The van der Waals surface area contributed by atoms with Gasteiger partial charge < -0.3 is 4.74 Å². The third-order valence-electron chi connectivity index (χ3n) is 1.99. The van der Waals surface area contributed by atoms with Crippen molar-refractivity contribution in [1.29, 1.82) is 0 Å². The van der Waals surface area contributed by atoms with E-state index < -0.39 is 11.9 Å². The normalized spacial score (nSPS) is 23.3. The number of fused-ring (bicyclic) bond motifs is 1. The molecule has 0 aliphatic carbocycles. The van der Waals surface area contributed by atoms with Gasteiger partial charge in [-0.2, -0.15) is 0 Å². The molecule has 0 bridgehead atoms. The highest BCUT2D eigenvalue weighted by Gasteiger charge is 2.38. The second-order valence-electron chi connectivity index (χ2n) is 2.89. The van der Waals surface area contributed by atoms with E-state index in [1.165, 1.54) is 18.1 Å². The second kappa shape index (κ2) is 3.98. The largest absolute Gasteiger partial charge is 0.463 e. The predicted molar refractivity (Wildman–Crippen MR) is 56.7 cm³/mol. The lowest BCUT2D eigenvalue weighted by atomic mass is 10.0. The topological polar surface area (TPSA) is 68.1 Å². The molecule has 0 spiro atoms. The van der Waals surface area contributed by atoms with Gasteiger partial charge in [0.2, 0.25) is 0 Å². The van der Waals surface area contributed by atoms with Crippen LogP contribution in [0, 0.1) is 5.92 Å². The first-order valence-corrected chi connectivity index (χ1v) is 5.30. The van der Waals surface area contributed by atoms with Gasteiger partial charge in [0.15, 0.2) is 0 Å². The Balaban J connectivity index is 2.23. The molecule has 0 fully saturated rings. The maximum absolute atomic E-state index is 11.5. The van der Waals surface area contributed by atoms with Gasteiger partial charge in [-0.3, -0.25) is 4.79 Å². The minimum absolute atomic E-state index is 0.289. The summed E-state index contributed by atoms with van der Waals surface area (Å²) in [5.74, 6) is -1.46. The lowest BCUT2D eigenvalue weighted by Gasteiger charge is -2.12. The molecule has 2 aliphatic rings. The van der Waals surface area contributed by atoms with E-state index in [9.17, 15) is 9.59 Å². The number of ether oxygens (including phenoxy) is 1. The van der Waals surface area contributed by atoms with E-state index in [4.69, 9.17) is 4.74 Å². The van der Waals surface area contributed by atoms with Crippen LogP contribution in [0.25, 0.3) is 0 Å². The molecule has 1 amide bonds. The third-order valence-corrected chi connectivity index (χ3v) is 2.95. The van der Waals surface area contributed by atoms with Gasteiger partial charge in [0, 0.05) is 0 Å². The van der Waals surface area contributed by atoms with Gasteiger partial charge in [0.25, 0.3) is 5.91 Å². The molecule has 0 aromatic heterocycles. The SMILES string of the molecule is CCOC(=O)C1=CSC2=NC=NC(=O)C12. The standard InChI is InChI=1S/C9H8N2O3S/c1-2-14-9(13)5-3-15-8-6(5)7(12)10-4-11-8/h3-4,6H,2H2,1H3. The zero-order chi connectivity index (χ0) is 10.8. The number of thioether (sulfide) groups is 1. The van der Waals surface area contributed by atoms with Gasteiger partial charge in [0.1, 0.15) is 12.3 Å². The van der Waals surface area contributed by atoms with Crippen LogP contribution in [0.5, 0.6) is 0 Å². The average molecular weight is 224 g/mol. The zero-order valence-electron chi connectivity index (χ0n) is 7.97. The van der Waals surface area contributed by atoms with Crippen LogP contribution in [0.1, 0.15) is 6.92 Å². The van der Waals surface area contributed by atoms with Crippen molar-refractivity contribution in [2.45, 2.75) is 6.92 Å². The molecule has 2 rings (SSSR count). The molecule has 0 saturated heterocycles. The van der Waals surface area contributed by atoms with Crippen LogP contribution in [0.15, 0.2) is 21.0 Å². The van der Waals surface area contributed by atoms with E-state index in [0.29, 0.717) is 10.6 Å². The first-order chi connectivity index (χ1) is 7.24. The number of esters is 1. The number of hydrogen-bond acceptors (Lipinski definition) is 5. The van der Waals surface area contributed by atoms with Crippen molar-refractivity contribution in [3.8, 4) is 0 Å². The fourth-order valence-corrected chi connectivity index (χ4v) is 2.29. The molecule has 0 radical (unpaired) electrons. The Labute approximate surface area is 90.3 Å². The molecule has 0 N–H and O–H groups in total. The minimum atomic E-state index is -0.640. The summed E-state index contributed by atoms with van der Waals surface area (Å²) in [4.78, 5) is 30.4. The van der Waals surface area contributed by atoms with Crippen molar-refractivity contribution < 1.29 is 14.3 Å². The van der Waals surface area contributed by atoms with E-state index >= 15 is 0 Å². The first kappa shape index (κ1) is 10.1. The van der Waals surface area contributed by atoms with Crippen molar-refractivity contribution in [1.82, 2.24) is 0 Å². The molecular weight excluding hydrogens is 216 g/mol. The van der Waals surface area contributed by atoms with Crippen molar-refractivity contribution >= 4 is 35.0 Å². The monoisotopic (exact) mass is 224 g/mol. The number of carbonyl (C=O) groups is 2. The second-order valence-corrected chi connectivity index (χ2v) is 3.78. The van der Waals surface area contributed by atoms with E-state index in [1.54, 1.807) is 12.3 Å². The lowest BCUT2D eigenvalue weighted by molar-refractivity contribution is -0.139. The number of nitrogens with zero attached hydrogens (tertiary/aromatic N) is 2. The van der Waals surface area contributed by atoms with Crippen LogP contribution in [0.3, 0.4) is 0 Å². The van der Waals surface area contributed by atoms with Gasteiger partial charge in [-0.25, -0.2) is 14.8 Å². The number of aliphatic imine (C=N–C) groups is 2. The van der Waals surface area contributed by atoms with Crippen LogP contribution in [-0.2, 0) is 14.3 Å². The Hall–Kier alpha value is -1.43. The molecule has 0 saturated carbocycles. The van der Waals surface area contributed by atoms with Crippen LogP contribution in [-0.4, -0.2) is 29.9 Å². The summed E-state index contributed by atoms with van der Waals surface area (Å²) < 4.78 is 4.84. The van der Waals surface area contributed by atoms with Gasteiger partial charge in [-0.15, -0.1) is 0 Å². The highest BCUT2D eigenvalue weighted by Crippen LogP contribution is 2.34. The number of carbonyl (C=O) groups excluding carboxylic acids is 2. The van der Waals surface area contributed by atoms with Crippen LogP contribution in [0.4, 0.5) is 0 Å². The Kier molecular flexibility index (Phi) is 2.68. The molecule has 78 valence electrons. The van der Waals surface area contributed by atoms with Crippen molar-refractivity contribution in [3.05, 3.63) is 11.0 Å². The van der Waals surface area contributed by atoms with Gasteiger partial charge >= 0.3 is 5.97 Å². The Bertz CT molecular complexity index is 412. The molecular formula is C9H8N2O3S. The van der Waals surface area contributed by atoms with Gasteiger partial charge in [-0.1, -0.05) is 11.8 Å². The summed E-state index contributed by atoms with van der Waals surface area (Å²) in [5, 5.41) is 2.20.